The summed E-state index contributed by atoms with van der Waals surface area (Å²) in [6.45, 7) is 2.73. The first-order valence-corrected chi connectivity index (χ1v) is 13.7. The van der Waals surface area contributed by atoms with E-state index in [1.165, 1.54) is 11.8 Å². The molecular weight excluding hydrogens is 500 g/mol. The van der Waals surface area contributed by atoms with Crippen LogP contribution in [-0.4, -0.2) is 69.6 Å². The molecule has 0 bridgehead atoms. The van der Waals surface area contributed by atoms with Gasteiger partial charge in [0.15, 0.2) is 0 Å². The van der Waals surface area contributed by atoms with Gasteiger partial charge in [-0.3, -0.25) is 14.4 Å². The Morgan fingerprint density at radius 2 is 1.92 bits per heavy atom. The van der Waals surface area contributed by atoms with E-state index in [4.69, 9.17) is 16.3 Å². The zero-order valence-electron chi connectivity index (χ0n) is 20.3. The first kappa shape index (κ1) is 25.4. The minimum Gasteiger partial charge on any atom is -0.465 e. The maximum atomic E-state index is 14.3. The molecule has 4 heterocycles. The molecule has 192 valence electrons. The topological polar surface area (TPSA) is 87.1 Å². The van der Waals surface area contributed by atoms with Gasteiger partial charge < -0.3 is 19.6 Å². The summed E-state index contributed by atoms with van der Waals surface area (Å²) in [5.41, 5.74) is 0.580. The third-order valence-corrected chi connectivity index (χ3v) is 9.82. The van der Waals surface area contributed by atoms with Crippen molar-refractivity contribution >= 4 is 46.8 Å². The molecule has 5 atom stereocenters. The van der Waals surface area contributed by atoms with Crippen molar-refractivity contribution < 1.29 is 24.2 Å². The van der Waals surface area contributed by atoms with Crippen LogP contribution in [0.2, 0.25) is 5.02 Å². The number of aliphatic hydroxyl groups is 1. The number of allylic oxidation sites excluding steroid dienone is 1. The number of carbonyl (C=O) groups is 3. The SMILES string of the molecule is C[C@@]12/C=C\CCCCOC(=O)[C@@H]1[C@H]1C(=O)N(CCCO)C3C(=O)N(c4ccccc4Cl)CC=C[C@@]31S2. The summed E-state index contributed by atoms with van der Waals surface area (Å²) in [5.74, 6) is -2.34. The molecule has 4 aliphatic rings. The van der Waals surface area contributed by atoms with Crippen LogP contribution in [0, 0.1) is 11.8 Å². The van der Waals surface area contributed by atoms with E-state index in [9.17, 15) is 19.5 Å². The number of nitrogens with zero attached hydrogens (tertiary/aromatic N) is 2. The smallest absolute Gasteiger partial charge is 0.311 e. The van der Waals surface area contributed by atoms with E-state index in [0.717, 1.165) is 19.3 Å². The molecule has 1 aromatic rings. The number of cyclic esters (lactones) is 1. The molecule has 1 spiro atoms. The van der Waals surface area contributed by atoms with Crippen molar-refractivity contribution in [3.8, 4) is 0 Å². The second-order valence-corrected chi connectivity index (χ2v) is 12.2. The Morgan fingerprint density at radius 1 is 1.11 bits per heavy atom. The number of likely N-dealkylation sites (tertiary alicyclic amines) is 1. The molecule has 0 radical (unpaired) electrons. The van der Waals surface area contributed by atoms with E-state index in [0.29, 0.717) is 30.3 Å². The Hall–Kier alpha value is -2.29. The van der Waals surface area contributed by atoms with Crippen LogP contribution in [0.5, 0.6) is 0 Å². The number of rotatable bonds is 4. The lowest BCUT2D eigenvalue weighted by Gasteiger charge is -2.37. The second kappa shape index (κ2) is 9.88. The van der Waals surface area contributed by atoms with E-state index in [-0.39, 0.29) is 30.9 Å². The predicted molar refractivity (Wildman–Crippen MR) is 140 cm³/mol. The molecule has 7 nitrogen and oxygen atoms in total. The number of fused-ring (bicyclic) bond motifs is 2. The highest BCUT2D eigenvalue weighted by Crippen LogP contribution is 2.65. The van der Waals surface area contributed by atoms with Crippen LogP contribution < -0.4 is 4.90 Å². The zero-order chi connectivity index (χ0) is 25.5. The number of anilines is 1. The lowest BCUT2D eigenvalue weighted by molar-refractivity contribution is -0.154. The number of hydrogen-bond donors (Lipinski definition) is 1. The number of esters is 1. The molecule has 1 N–H and O–H groups in total. The van der Waals surface area contributed by atoms with E-state index < -0.39 is 27.4 Å². The average Bonchev–Trinajstić information content (AvgIpc) is 3.18. The molecule has 9 heteroatoms. The normalized spacial score (nSPS) is 35.1. The van der Waals surface area contributed by atoms with Crippen LogP contribution in [0.1, 0.15) is 32.6 Å². The van der Waals surface area contributed by atoms with Crippen molar-refractivity contribution in [2.45, 2.75) is 48.1 Å². The Kier molecular flexibility index (Phi) is 6.96. The summed E-state index contributed by atoms with van der Waals surface area (Å²) < 4.78 is 4.02. The van der Waals surface area contributed by atoms with Gasteiger partial charge in [-0.05, 0) is 44.7 Å². The predicted octanol–water partition coefficient (Wildman–Crippen LogP) is 3.60. The van der Waals surface area contributed by atoms with Crippen LogP contribution in [0.25, 0.3) is 0 Å². The van der Waals surface area contributed by atoms with E-state index in [1.807, 2.05) is 37.3 Å². The van der Waals surface area contributed by atoms with E-state index in [2.05, 4.69) is 6.08 Å². The molecule has 36 heavy (non-hydrogen) atoms. The number of amides is 2. The highest BCUT2D eigenvalue weighted by molar-refractivity contribution is 8.02. The van der Waals surface area contributed by atoms with Crippen molar-refractivity contribution in [1.82, 2.24) is 4.90 Å². The van der Waals surface area contributed by atoms with Crippen LogP contribution in [-0.2, 0) is 19.1 Å². The summed E-state index contributed by atoms with van der Waals surface area (Å²) in [4.78, 5) is 45.1. The van der Waals surface area contributed by atoms with Gasteiger partial charge in [0.1, 0.15) is 6.04 Å². The summed E-state index contributed by atoms with van der Waals surface area (Å²) in [5, 5.41) is 9.99. The maximum absolute atomic E-state index is 14.3. The Morgan fingerprint density at radius 3 is 2.69 bits per heavy atom. The van der Waals surface area contributed by atoms with Gasteiger partial charge in [0.2, 0.25) is 5.91 Å². The standard InChI is InChI=1S/C27H31ClN2O5S/c1-26-12-6-2-3-7-17-35-25(34)21(26)20-23(32)30(15-9-16-31)22-24(33)29(14-8-13-27(20,22)36-26)19-11-5-4-10-18(19)28/h4-6,8,10-13,20-22,31H,2-3,7,9,14-17H2,1H3/b12-6-/t20-,21-,22?,26+,27-/m0/s1. The van der Waals surface area contributed by atoms with Crippen molar-refractivity contribution in [2.75, 3.05) is 31.2 Å². The van der Waals surface area contributed by atoms with Crippen molar-refractivity contribution in [3.63, 3.8) is 0 Å². The highest BCUT2D eigenvalue weighted by Gasteiger charge is 2.73. The summed E-state index contributed by atoms with van der Waals surface area (Å²) in [6, 6.07) is 6.33. The summed E-state index contributed by atoms with van der Waals surface area (Å²) in [6.07, 6.45) is 10.9. The highest BCUT2D eigenvalue weighted by atomic mass is 35.5. The lowest BCUT2D eigenvalue weighted by Crippen LogP contribution is -2.53. The summed E-state index contributed by atoms with van der Waals surface area (Å²) >= 11 is 8.00. The monoisotopic (exact) mass is 530 g/mol. The molecule has 4 aliphatic heterocycles. The van der Waals surface area contributed by atoms with Gasteiger partial charge in [0, 0.05) is 24.4 Å². The van der Waals surface area contributed by atoms with Crippen LogP contribution >= 0.6 is 23.4 Å². The number of ether oxygens (including phenoxy) is 1. The maximum Gasteiger partial charge on any atom is 0.311 e. The van der Waals surface area contributed by atoms with Crippen molar-refractivity contribution in [3.05, 3.63) is 53.6 Å². The average molecular weight is 531 g/mol. The molecule has 0 aliphatic carbocycles. The molecular formula is C27H31ClN2O5S. The minimum absolute atomic E-state index is 0.106. The van der Waals surface area contributed by atoms with Gasteiger partial charge in [0.05, 0.1) is 33.9 Å². The zero-order valence-corrected chi connectivity index (χ0v) is 21.8. The molecule has 5 rings (SSSR count). The Bertz CT molecular complexity index is 1130. The number of thioether (sulfide) groups is 1. The molecule has 0 saturated carbocycles. The van der Waals surface area contributed by atoms with Gasteiger partial charge in [-0.15, -0.1) is 11.8 Å². The van der Waals surface area contributed by atoms with Gasteiger partial charge in [-0.1, -0.05) is 48.0 Å². The lowest BCUT2D eigenvalue weighted by atomic mass is 9.74. The molecule has 0 aromatic heterocycles. The Balaban J connectivity index is 1.64. The number of hydrogen-bond acceptors (Lipinski definition) is 6. The molecule has 1 aromatic carbocycles. The van der Waals surface area contributed by atoms with Crippen LogP contribution in [0.4, 0.5) is 5.69 Å². The number of para-hydroxylation sites is 1. The van der Waals surface area contributed by atoms with Crippen LogP contribution in [0.3, 0.4) is 0 Å². The fourth-order valence-electron chi connectivity index (χ4n) is 6.17. The first-order valence-electron chi connectivity index (χ1n) is 12.5. The van der Waals surface area contributed by atoms with Crippen molar-refractivity contribution in [1.29, 1.82) is 0 Å². The fraction of sp³-hybridized carbons (Fsp3) is 0.519. The van der Waals surface area contributed by atoms with Crippen LogP contribution in [0.15, 0.2) is 48.6 Å². The molecule has 2 amide bonds. The van der Waals surface area contributed by atoms with Gasteiger partial charge in [-0.25, -0.2) is 0 Å². The van der Waals surface area contributed by atoms with E-state index in [1.54, 1.807) is 21.9 Å². The van der Waals surface area contributed by atoms with Gasteiger partial charge >= 0.3 is 5.97 Å². The van der Waals surface area contributed by atoms with Gasteiger partial charge in [0.25, 0.3) is 5.91 Å². The third kappa shape index (κ3) is 3.98. The quantitative estimate of drug-likeness (QED) is 0.473. The molecule has 2 saturated heterocycles. The third-order valence-electron chi connectivity index (χ3n) is 7.70. The second-order valence-electron chi connectivity index (χ2n) is 9.97. The minimum atomic E-state index is -0.948. The number of aliphatic hydroxyl groups excluding tert-OH is 1. The first-order chi connectivity index (χ1) is 17.3. The fourth-order valence-corrected chi connectivity index (χ4v) is 8.56. The summed E-state index contributed by atoms with van der Waals surface area (Å²) in [7, 11) is 0. The van der Waals surface area contributed by atoms with E-state index >= 15 is 0 Å². The molecule has 1 unspecified atom stereocenters. The van der Waals surface area contributed by atoms with Crippen molar-refractivity contribution in [2.24, 2.45) is 11.8 Å². The number of benzene rings is 1. The largest absolute Gasteiger partial charge is 0.465 e. The Labute approximate surface area is 220 Å². The van der Waals surface area contributed by atoms with Gasteiger partial charge in [-0.2, -0.15) is 0 Å². The number of carbonyl (C=O) groups excluding carboxylic acids is 3. The number of halogens is 1. The molecule has 2 fully saturated rings.